The lowest BCUT2D eigenvalue weighted by Gasteiger charge is -2.07. The van der Waals surface area contributed by atoms with Crippen LogP contribution in [0.15, 0.2) is 48.5 Å². The number of nitro groups is 1. The highest BCUT2D eigenvalue weighted by Crippen LogP contribution is 2.22. The lowest BCUT2D eigenvalue weighted by atomic mass is 10.1. The number of amides is 1. The van der Waals surface area contributed by atoms with E-state index in [0.29, 0.717) is 5.56 Å². The second-order valence-electron chi connectivity index (χ2n) is 5.77. The standard InChI is InChI=1S/C19H18N2O6/c1-13-6-8-14(9-7-13)17(22)10-11-19(24)27-12-18(23)20-15-4-2-3-5-16(15)21(25)26/h2-9H,10-12H2,1H3,(H,20,23). The average Bonchev–Trinajstić information content (AvgIpc) is 2.65. The minimum Gasteiger partial charge on any atom is -0.456 e. The van der Waals surface area contributed by atoms with Crippen LogP contribution in [-0.2, 0) is 14.3 Å². The summed E-state index contributed by atoms with van der Waals surface area (Å²) in [5.41, 5.74) is 1.28. The topological polar surface area (TPSA) is 116 Å². The number of hydrogen-bond acceptors (Lipinski definition) is 6. The molecular weight excluding hydrogens is 352 g/mol. The van der Waals surface area contributed by atoms with Gasteiger partial charge in [-0.15, -0.1) is 0 Å². The van der Waals surface area contributed by atoms with Gasteiger partial charge in [0.1, 0.15) is 5.69 Å². The highest BCUT2D eigenvalue weighted by atomic mass is 16.6. The van der Waals surface area contributed by atoms with E-state index >= 15 is 0 Å². The van der Waals surface area contributed by atoms with Crippen molar-refractivity contribution in [2.45, 2.75) is 19.8 Å². The number of nitro benzene ring substituents is 1. The van der Waals surface area contributed by atoms with Crippen LogP contribution in [0, 0.1) is 17.0 Å². The van der Waals surface area contributed by atoms with E-state index in [4.69, 9.17) is 4.74 Å². The van der Waals surface area contributed by atoms with Gasteiger partial charge in [0.25, 0.3) is 11.6 Å². The number of rotatable bonds is 8. The quantitative estimate of drug-likeness (QED) is 0.330. The zero-order chi connectivity index (χ0) is 19.8. The van der Waals surface area contributed by atoms with Gasteiger partial charge in [0.05, 0.1) is 11.3 Å². The molecule has 0 spiro atoms. The summed E-state index contributed by atoms with van der Waals surface area (Å²) < 4.78 is 4.81. The van der Waals surface area contributed by atoms with E-state index in [1.165, 1.54) is 24.3 Å². The number of carbonyl (C=O) groups excluding carboxylic acids is 3. The number of nitrogens with zero attached hydrogens (tertiary/aromatic N) is 1. The van der Waals surface area contributed by atoms with Crippen molar-refractivity contribution in [2.24, 2.45) is 0 Å². The lowest BCUT2D eigenvalue weighted by Crippen LogP contribution is -2.21. The highest BCUT2D eigenvalue weighted by molar-refractivity contribution is 5.98. The Morgan fingerprint density at radius 2 is 1.70 bits per heavy atom. The summed E-state index contributed by atoms with van der Waals surface area (Å²) in [6.07, 6.45) is -0.195. The summed E-state index contributed by atoms with van der Waals surface area (Å²) in [5.74, 6) is -1.60. The Bertz CT molecular complexity index is 861. The van der Waals surface area contributed by atoms with E-state index in [0.717, 1.165) is 5.56 Å². The lowest BCUT2D eigenvalue weighted by molar-refractivity contribution is -0.383. The number of nitrogens with one attached hydrogen (secondary N) is 1. The van der Waals surface area contributed by atoms with Crippen LogP contribution in [0.25, 0.3) is 0 Å². The molecule has 140 valence electrons. The third-order valence-corrected chi connectivity index (χ3v) is 3.67. The van der Waals surface area contributed by atoms with Gasteiger partial charge in [-0.3, -0.25) is 24.5 Å². The Morgan fingerprint density at radius 1 is 1.04 bits per heavy atom. The van der Waals surface area contributed by atoms with Gasteiger partial charge in [0.2, 0.25) is 0 Å². The van der Waals surface area contributed by atoms with Crippen molar-refractivity contribution in [3.63, 3.8) is 0 Å². The molecule has 2 rings (SSSR count). The van der Waals surface area contributed by atoms with Crippen molar-refractivity contribution in [3.8, 4) is 0 Å². The second kappa shape index (κ2) is 9.23. The Morgan fingerprint density at radius 3 is 2.37 bits per heavy atom. The largest absolute Gasteiger partial charge is 0.456 e. The normalized spacial score (nSPS) is 10.1. The first-order valence-electron chi connectivity index (χ1n) is 8.15. The molecule has 2 aromatic rings. The van der Waals surface area contributed by atoms with E-state index in [-0.39, 0.29) is 30.0 Å². The fraction of sp³-hybridized carbons (Fsp3) is 0.211. The van der Waals surface area contributed by atoms with Gasteiger partial charge < -0.3 is 10.1 Å². The predicted octanol–water partition coefficient (Wildman–Crippen LogP) is 3.05. The van der Waals surface area contributed by atoms with Gasteiger partial charge in [0.15, 0.2) is 12.4 Å². The summed E-state index contributed by atoms with van der Waals surface area (Å²) in [7, 11) is 0. The fourth-order valence-electron chi connectivity index (χ4n) is 2.24. The zero-order valence-electron chi connectivity index (χ0n) is 14.6. The number of anilines is 1. The van der Waals surface area contributed by atoms with Gasteiger partial charge >= 0.3 is 5.97 Å². The molecule has 0 aliphatic carbocycles. The maximum Gasteiger partial charge on any atom is 0.306 e. The third-order valence-electron chi connectivity index (χ3n) is 3.67. The molecule has 0 saturated heterocycles. The van der Waals surface area contributed by atoms with Crippen LogP contribution in [0.1, 0.15) is 28.8 Å². The molecular formula is C19H18N2O6. The maximum atomic E-state index is 12.0. The van der Waals surface area contributed by atoms with Crippen molar-refractivity contribution >= 4 is 29.0 Å². The van der Waals surface area contributed by atoms with Gasteiger partial charge in [-0.05, 0) is 13.0 Å². The highest BCUT2D eigenvalue weighted by Gasteiger charge is 2.16. The number of benzene rings is 2. The molecule has 1 amide bonds. The van der Waals surface area contributed by atoms with Crippen LogP contribution in [0.5, 0.6) is 0 Å². The first-order chi connectivity index (χ1) is 12.9. The molecule has 0 unspecified atom stereocenters. The van der Waals surface area contributed by atoms with E-state index in [1.807, 2.05) is 6.92 Å². The van der Waals surface area contributed by atoms with Gasteiger partial charge in [-0.25, -0.2) is 0 Å². The Labute approximate surface area is 155 Å². The number of Topliss-reactive ketones (excluding diaryl/α,β-unsaturated/α-hetero) is 1. The minimum atomic E-state index is -0.706. The monoisotopic (exact) mass is 370 g/mol. The summed E-state index contributed by atoms with van der Waals surface area (Å²) in [4.78, 5) is 45.8. The van der Waals surface area contributed by atoms with Crippen molar-refractivity contribution in [2.75, 3.05) is 11.9 Å². The zero-order valence-corrected chi connectivity index (χ0v) is 14.6. The molecule has 0 fully saturated rings. The van der Waals surface area contributed by atoms with Gasteiger partial charge in [0, 0.05) is 18.1 Å². The van der Waals surface area contributed by atoms with E-state index in [2.05, 4.69) is 5.32 Å². The molecule has 0 saturated carbocycles. The first-order valence-corrected chi connectivity index (χ1v) is 8.15. The fourth-order valence-corrected chi connectivity index (χ4v) is 2.24. The van der Waals surface area contributed by atoms with E-state index < -0.39 is 23.4 Å². The molecule has 0 aliphatic heterocycles. The Hall–Kier alpha value is -3.55. The van der Waals surface area contributed by atoms with Crippen LogP contribution in [0.4, 0.5) is 11.4 Å². The molecule has 0 aromatic heterocycles. The van der Waals surface area contributed by atoms with Crippen molar-refractivity contribution in [3.05, 3.63) is 69.8 Å². The number of para-hydroxylation sites is 2. The predicted molar refractivity (Wildman–Crippen MR) is 97.4 cm³/mol. The number of esters is 1. The van der Waals surface area contributed by atoms with Crippen LogP contribution in [-0.4, -0.2) is 29.2 Å². The molecule has 0 heterocycles. The molecule has 2 aromatic carbocycles. The maximum absolute atomic E-state index is 12.0. The van der Waals surface area contributed by atoms with E-state index in [9.17, 15) is 24.5 Å². The Balaban J connectivity index is 1.78. The van der Waals surface area contributed by atoms with Crippen LogP contribution < -0.4 is 5.32 Å². The Kier molecular flexibility index (Phi) is 6.76. The van der Waals surface area contributed by atoms with Crippen molar-refractivity contribution in [1.82, 2.24) is 0 Å². The average molecular weight is 370 g/mol. The molecule has 8 heteroatoms. The van der Waals surface area contributed by atoms with Crippen molar-refractivity contribution < 1.29 is 24.0 Å². The van der Waals surface area contributed by atoms with Gasteiger partial charge in [-0.1, -0.05) is 42.0 Å². The van der Waals surface area contributed by atoms with Crippen LogP contribution in [0.2, 0.25) is 0 Å². The number of aryl methyl sites for hydroxylation is 1. The van der Waals surface area contributed by atoms with Crippen LogP contribution in [0.3, 0.4) is 0 Å². The van der Waals surface area contributed by atoms with Crippen LogP contribution >= 0.6 is 0 Å². The molecule has 0 bridgehead atoms. The molecule has 1 N–H and O–H groups in total. The smallest absolute Gasteiger partial charge is 0.306 e. The first kappa shape index (κ1) is 19.8. The van der Waals surface area contributed by atoms with Gasteiger partial charge in [-0.2, -0.15) is 0 Å². The van der Waals surface area contributed by atoms with Crippen molar-refractivity contribution in [1.29, 1.82) is 0 Å². The number of carbonyl (C=O) groups is 3. The second-order valence-corrected chi connectivity index (χ2v) is 5.77. The molecule has 0 radical (unpaired) electrons. The summed E-state index contributed by atoms with van der Waals surface area (Å²) in [6.45, 7) is 1.31. The summed E-state index contributed by atoms with van der Waals surface area (Å²) >= 11 is 0. The molecule has 27 heavy (non-hydrogen) atoms. The SMILES string of the molecule is Cc1ccc(C(=O)CCC(=O)OCC(=O)Nc2ccccc2[N+](=O)[O-])cc1. The number of hydrogen-bond donors (Lipinski definition) is 1. The molecule has 0 aliphatic rings. The molecule has 0 atom stereocenters. The summed E-state index contributed by atoms with van der Waals surface area (Å²) in [6, 6.07) is 12.6. The minimum absolute atomic E-state index is 0.0121. The van der Waals surface area contributed by atoms with E-state index in [1.54, 1.807) is 24.3 Å². The summed E-state index contributed by atoms with van der Waals surface area (Å²) in [5, 5.41) is 13.2. The third kappa shape index (κ3) is 6.03. The number of ketones is 1. The molecule has 8 nitrogen and oxygen atoms in total. The number of ether oxygens (including phenoxy) is 1.